The lowest BCUT2D eigenvalue weighted by molar-refractivity contribution is -0.154. The summed E-state index contributed by atoms with van der Waals surface area (Å²) in [6, 6.07) is 0. The number of hydrogen-bond acceptors (Lipinski definition) is 2. The molecular weight excluding hydrogens is 176 g/mol. The van der Waals surface area contributed by atoms with E-state index in [0.29, 0.717) is 5.41 Å². The second kappa shape index (κ2) is 1.93. The summed E-state index contributed by atoms with van der Waals surface area (Å²) in [6.45, 7) is 0. The molecule has 2 heteroatoms. The Morgan fingerprint density at radius 1 is 1.36 bits per heavy atom. The van der Waals surface area contributed by atoms with Crippen LogP contribution in [-0.4, -0.2) is 12.1 Å². The molecule has 2 saturated carbocycles. The van der Waals surface area contributed by atoms with Gasteiger partial charge in [-0.2, -0.15) is 0 Å². The van der Waals surface area contributed by atoms with E-state index in [1.807, 2.05) is 0 Å². The Hall–Kier alpha value is -0.790. The monoisotopic (exact) mass is 190 g/mol. The first-order chi connectivity index (χ1) is 6.79. The molecule has 1 spiro atoms. The van der Waals surface area contributed by atoms with Crippen molar-refractivity contribution in [1.29, 1.82) is 0 Å². The van der Waals surface area contributed by atoms with Crippen molar-refractivity contribution >= 4 is 5.97 Å². The zero-order chi connectivity index (χ0) is 9.39. The quantitative estimate of drug-likeness (QED) is 0.431. The SMILES string of the molecule is O=C1O[C@@H]2C=C[C@@]34CCCC[C@]3(C2)[C@H]14. The topological polar surface area (TPSA) is 26.3 Å². The van der Waals surface area contributed by atoms with Crippen molar-refractivity contribution in [2.24, 2.45) is 16.7 Å². The van der Waals surface area contributed by atoms with Gasteiger partial charge in [0.25, 0.3) is 0 Å². The molecule has 1 heterocycles. The Balaban J connectivity index is 1.90. The van der Waals surface area contributed by atoms with Crippen molar-refractivity contribution in [3.63, 3.8) is 0 Å². The summed E-state index contributed by atoms with van der Waals surface area (Å²) < 4.78 is 5.39. The predicted molar refractivity (Wildman–Crippen MR) is 50.5 cm³/mol. The van der Waals surface area contributed by atoms with Crippen molar-refractivity contribution in [1.82, 2.24) is 0 Å². The third-order valence-corrected chi connectivity index (χ3v) is 5.05. The zero-order valence-corrected chi connectivity index (χ0v) is 8.16. The maximum Gasteiger partial charge on any atom is 0.311 e. The first-order valence-electron chi connectivity index (χ1n) is 5.68. The van der Waals surface area contributed by atoms with Crippen molar-refractivity contribution < 1.29 is 9.53 Å². The summed E-state index contributed by atoms with van der Waals surface area (Å²) >= 11 is 0. The molecule has 0 aromatic carbocycles. The van der Waals surface area contributed by atoms with Gasteiger partial charge in [-0.3, -0.25) is 4.79 Å². The summed E-state index contributed by atoms with van der Waals surface area (Å²) in [4.78, 5) is 11.8. The van der Waals surface area contributed by atoms with Crippen LogP contribution >= 0.6 is 0 Å². The molecule has 3 fully saturated rings. The molecule has 0 aromatic heterocycles. The van der Waals surface area contributed by atoms with Gasteiger partial charge in [-0.15, -0.1) is 0 Å². The summed E-state index contributed by atoms with van der Waals surface area (Å²) in [5.74, 6) is 0.320. The lowest BCUT2D eigenvalue weighted by Crippen LogP contribution is -2.32. The summed E-state index contributed by atoms with van der Waals surface area (Å²) in [5, 5.41) is 0. The molecule has 0 N–H and O–H groups in total. The molecule has 2 nitrogen and oxygen atoms in total. The van der Waals surface area contributed by atoms with Crippen LogP contribution in [-0.2, 0) is 9.53 Å². The van der Waals surface area contributed by atoms with Gasteiger partial charge in [0.2, 0.25) is 0 Å². The summed E-state index contributed by atoms with van der Waals surface area (Å²) in [5.41, 5.74) is 0.593. The molecule has 1 aliphatic heterocycles. The number of allylic oxidation sites excluding steroid dienone is 1. The molecule has 0 radical (unpaired) electrons. The Morgan fingerprint density at radius 2 is 2.21 bits per heavy atom. The molecule has 74 valence electrons. The fourth-order valence-corrected chi connectivity index (χ4v) is 4.52. The van der Waals surface area contributed by atoms with Gasteiger partial charge < -0.3 is 4.74 Å². The first-order valence-corrected chi connectivity index (χ1v) is 5.68. The fraction of sp³-hybridized carbons (Fsp3) is 0.750. The van der Waals surface area contributed by atoms with Crippen molar-refractivity contribution in [3.05, 3.63) is 12.2 Å². The van der Waals surface area contributed by atoms with Gasteiger partial charge in [0.15, 0.2) is 0 Å². The molecule has 4 rings (SSSR count). The molecule has 0 aromatic rings. The van der Waals surface area contributed by atoms with Gasteiger partial charge in [0.05, 0.1) is 5.92 Å². The highest BCUT2D eigenvalue weighted by Gasteiger charge is 2.81. The Labute approximate surface area is 83.3 Å². The van der Waals surface area contributed by atoms with Crippen LogP contribution in [0.2, 0.25) is 0 Å². The van der Waals surface area contributed by atoms with Gasteiger partial charge in [0.1, 0.15) is 6.10 Å². The minimum absolute atomic E-state index is 0.0909. The van der Waals surface area contributed by atoms with Crippen LogP contribution in [0.15, 0.2) is 12.2 Å². The second-order valence-corrected chi connectivity index (χ2v) is 5.38. The van der Waals surface area contributed by atoms with E-state index < -0.39 is 0 Å². The van der Waals surface area contributed by atoms with Gasteiger partial charge in [-0.05, 0) is 30.8 Å². The lowest BCUT2D eigenvalue weighted by atomic mass is 9.73. The first kappa shape index (κ1) is 7.49. The zero-order valence-electron chi connectivity index (χ0n) is 8.16. The number of hydrogen-bond donors (Lipinski definition) is 0. The Kier molecular flexibility index (Phi) is 1.03. The normalized spacial score (nSPS) is 57.6. The molecule has 4 atom stereocenters. The third kappa shape index (κ3) is 0.547. The largest absolute Gasteiger partial charge is 0.458 e. The number of ether oxygens (including phenoxy) is 1. The van der Waals surface area contributed by atoms with Crippen LogP contribution in [0.1, 0.15) is 32.1 Å². The Morgan fingerprint density at radius 3 is 3.14 bits per heavy atom. The maximum atomic E-state index is 11.8. The van der Waals surface area contributed by atoms with Gasteiger partial charge in [0, 0.05) is 5.41 Å². The fourth-order valence-electron chi connectivity index (χ4n) is 4.52. The predicted octanol–water partition coefficient (Wildman–Crippen LogP) is 2.05. The highest BCUT2D eigenvalue weighted by Crippen LogP contribution is 2.81. The molecule has 4 aliphatic rings. The van der Waals surface area contributed by atoms with Gasteiger partial charge in [-0.1, -0.05) is 18.9 Å². The van der Waals surface area contributed by atoms with E-state index in [1.54, 1.807) is 0 Å². The molecule has 2 bridgehead atoms. The van der Waals surface area contributed by atoms with Crippen LogP contribution in [0.25, 0.3) is 0 Å². The van der Waals surface area contributed by atoms with Crippen LogP contribution in [0.3, 0.4) is 0 Å². The average Bonchev–Trinajstić information content (AvgIpc) is 2.83. The minimum atomic E-state index is 0.0909. The van der Waals surface area contributed by atoms with E-state index >= 15 is 0 Å². The number of carbonyl (C=O) groups is 1. The molecule has 1 saturated heterocycles. The lowest BCUT2D eigenvalue weighted by Gasteiger charge is -2.34. The molecule has 3 aliphatic carbocycles. The van der Waals surface area contributed by atoms with E-state index in [2.05, 4.69) is 12.2 Å². The highest BCUT2D eigenvalue weighted by molar-refractivity contribution is 5.82. The van der Waals surface area contributed by atoms with Crippen molar-refractivity contribution in [3.8, 4) is 0 Å². The highest BCUT2D eigenvalue weighted by atomic mass is 16.5. The van der Waals surface area contributed by atoms with E-state index in [-0.39, 0.29) is 23.4 Å². The van der Waals surface area contributed by atoms with Gasteiger partial charge in [-0.25, -0.2) is 0 Å². The molecule has 14 heavy (non-hydrogen) atoms. The van der Waals surface area contributed by atoms with E-state index in [0.717, 1.165) is 6.42 Å². The van der Waals surface area contributed by atoms with E-state index in [9.17, 15) is 4.79 Å². The number of carbonyl (C=O) groups excluding carboxylic acids is 1. The summed E-state index contributed by atoms with van der Waals surface area (Å²) in [6.07, 6.45) is 10.7. The van der Waals surface area contributed by atoms with Crippen LogP contribution in [0.5, 0.6) is 0 Å². The Bertz CT molecular complexity index is 359. The van der Waals surface area contributed by atoms with E-state index in [1.165, 1.54) is 25.7 Å². The molecule has 0 amide bonds. The number of fused-ring (bicyclic) bond motifs is 1. The van der Waals surface area contributed by atoms with Gasteiger partial charge >= 0.3 is 5.97 Å². The standard InChI is InChI=1S/C12H14O2/c13-10-9-11-4-1-2-5-12(9,11)7-8(14-10)3-6-11/h3,6,8-9H,1-2,4-5,7H2/t8-,9-,11-,12+/m1/s1. The van der Waals surface area contributed by atoms with Crippen LogP contribution < -0.4 is 0 Å². The average molecular weight is 190 g/mol. The van der Waals surface area contributed by atoms with Crippen LogP contribution in [0, 0.1) is 16.7 Å². The minimum Gasteiger partial charge on any atom is -0.458 e. The van der Waals surface area contributed by atoms with Crippen LogP contribution in [0.4, 0.5) is 0 Å². The van der Waals surface area contributed by atoms with E-state index in [4.69, 9.17) is 4.74 Å². The molecular formula is C12H14O2. The van der Waals surface area contributed by atoms with Crippen molar-refractivity contribution in [2.75, 3.05) is 0 Å². The molecule has 0 unspecified atom stereocenters. The number of esters is 1. The summed E-state index contributed by atoms with van der Waals surface area (Å²) in [7, 11) is 0. The number of rotatable bonds is 0. The maximum absolute atomic E-state index is 11.8. The third-order valence-electron chi connectivity index (χ3n) is 5.05. The second-order valence-electron chi connectivity index (χ2n) is 5.38. The smallest absolute Gasteiger partial charge is 0.311 e. The van der Waals surface area contributed by atoms with Crippen molar-refractivity contribution in [2.45, 2.75) is 38.2 Å².